The minimum absolute atomic E-state index is 0.0147. The highest BCUT2D eigenvalue weighted by Crippen LogP contribution is 2.36. The molecule has 3 aromatic carbocycles. The van der Waals surface area contributed by atoms with Crippen molar-refractivity contribution in [2.75, 3.05) is 6.61 Å². The first-order chi connectivity index (χ1) is 16.4. The van der Waals surface area contributed by atoms with Gasteiger partial charge in [-0.2, -0.15) is 5.26 Å². The first-order valence-corrected chi connectivity index (χ1v) is 11.3. The summed E-state index contributed by atoms with van der Waals surface area (Å²) in [5, 5.41) is 9.51. The number of imidazole rings is 1. The van der Waals surface area contributed by atoms with E-state index in [2.05, 4.69) is 4.98 Å². The largest absolute Gasteiger partial charge is 0.492 e. The first-order valence-electron chi connectivity index (χ1n) is 10.9. The quantitative estimate of drug-likeness (QED) is 0.302. The average molecular weight is 482 g/mol. The molecule has 1 aliphatic carbocycles. The van der Waals surface area contributed by atoms with E-state index in [9.17, 15) is 13.2 Å². The summed E-state index contributed by atoms with van der Waals surface area (Å²) in [5.74, 6) is -1.29. The molecule has 0 atom stereocenters. The van der Waals surface area contributed by atoms with Gasteiger partial charge in [-0.05, 0) is 49.1 Å². The second-order valence-electron chi connectivity index (χ2n) is 8.44. The topological polar surface area (TPSA) is 50.8 Å². The van der Waals surface area contributed by atoms with Crippen LogP contribution in [-0.4, -0.2) is 16.2 Å². The molecule has 4 aromatic rings. The molecule has 172 valence electrons. The summed E-state index contributed by atoms with van der Waals surface area (Å²) >= 11 is 6.22. The van der Waals surface area contributed by atoms with Crippen molar-refractivity contribution < 1.29 is 17.9 Å². The first kappa shape index (κ1) is 22.3. The van der Waals surface area contributed by atoms with Crippen LogP contribution in [0.4, 0.5) is 13.2 Å². The second kappa shape index (κ2) is 9.03. The number of nitriles is 1. The van der Waals surface area contributed by atoms with Crippen LogP contribution in [0.25, 0.3) is 22.4 Å². The van der Waals surface area contributed by atoms with E-state index in [1.54, 1.807) is 22.8 Å². The van der Waals surface area contributed by atoms with E-state index in [0.717, 1.165) is 31.0 Å². The van der Waals surface area contributed by atoms with Gasteiger partial charge in [-0.25, -0.2) is 18.2 Å². The van der Waals surface area contributed by atoms with E-state index >= 15 is 0 Å². The Hall–Kier alpha value is -3.50. The van der Waals surface area contributed by atoms with Crippen LogP contribution in [0, 0.1) is 34.7 Å². The van der Waals surface area contributed by atoms with Gasteiger partial charge in [0.1, 0.15) is 17.4 Å². The van der Waals surface area contributed by atoms with Crippen LogP contribution in [0.2, 0.25) is 5.02 Å². The fraction of sp³-hybridized carbons (Fsp3) is 0.231. The molecule has 0 radical (unpaired) electrons. The molecule has 0 amide bonds. The Morgan fingerprint density at radius 3 is 2.53 bits per heavy atom. The van der Waals surface area contributed by atoms with Crippen molar-refractivity contribution in [2.24, 2.45) is 5.92 Å². The Kier molecular flexibility index (Phi) is 5.93. The number of benzene rings is 3. The van der Waals surface area contributed by atoms with E-state index in [0.29, 0.717) is 40.2 Å². The lowest BCUT2D eigenvalue weighted by Crippen LogP contribution is -2.19. The summed E-state index contributed by atoms with van der Waals surface area (Å²) in [6.07, 6.45) is 3.38. The van der Waals surface area contributed by atoms with Crippen LogP contribution in [0.3, 0.4) is 0 Å². The van der Waals surface area contributed by atoms with Crippen LogP contribution in [0.1, 0.15) is 30.4 Å². The Balaban J connectivity index is 1.65. The summed E-state index contributed by atoms with van der Waals surface area (Å²) in [7, 11) is 0. The number of hydrogen-bond donors (Lipinski definition) is 0. The lowest BCUT2D eigenvalue weighted by Gasteiger charge is -2.25. The van der Waals surface area contributed by atoms with Crippen LogP contribution in [0.15, 0.2) is 48.5 Å². The minimum atomic E-state index is -1.03. The van der Waals surface area contributed by atoms with Gasteiger partial charge in [0, 0.05) is 22.7 Å². The fourth-order valence-corrected chi connectivity index (χ4v) is 4.23. The van der Waals surface area contributed by atoms with Crippen LogP contribution in [0.5, 0.6) is 5.75 Å². The van der Waals surface area contributed by atoms with Gasteiger partial charge in [-0.3, -0.25) is 0 Å². The van der Waals surface area contributed by atoms with E-state index < -0.39 is 17.5 Å². The van der Waals surface area contributed by atoms with Crippen molar-refractivity contribution in [3.05, 3.63) is 82.1 Å². The molecule has 8 heteroatoms. The molecule has 0 spiro atoms. The molecule has 1 aromatic heterocycles. The Morgan fingerprint density at radius 1 is 1.03 bits per heavy atom. The number of nitrogens with zero attached hydrogens (tertiary/aromatic N) is 3. The lowest BCUT2D eigenvalue weighted by molar-refractivity contribution is 0.181. The summed E-state index contributed by atoms with van der Waals surface area (Å²) in [6.45, 7) is 0.514. The van der Waals surface area contributed by atoms with Crippen molar-refractivity contribution in [3.63, 3.8) is 0 Å². The molecule has 1 aliphatic rings. The number of aromatic nitrogens is 2. The third kappa shape index (κ3) is 4.22. The molecule has 0 saturated heterocycles. The van der Waals surface area contributed by atoms with E-state index in [1.807, 2.05) is 6.07 Å². The third-order valence-electron chi connectivity index (χ3n) is 6.18. The number of ether oxygens (including phenoxy) is 1. The summed E-state index contributed by atoms with van der Waals surface area (Å²) in [4.78, 5) is 4.55. The van der Waals surface area contributed by atoms with E-state index in [4.69, 9.17) is 21.6 Å². The van der Waals surface area contributed by atoms with Crippen LogP contribution >= 0.6 is 11.6 Å². The van der Waals surface area contributed by atoms with Gasteiger partial charge < -0.3 is 9.30 Å². The predicted octanol–water partition coefficient (Wildman–Crippen LogP) is 6.87. The highest BCUT2D eigenvalue weighted by Gasteiger charge is 2.22. The normalized spacial score (nSPS) is 13.6. The lowest BCUT2D eigenvalue weighted by atomic mass is 9.86. The Labute approximate surface area is 199 Å². The number of hydrogen-bond acceptors (Lipinski definition) is 3. The zero-order valence-corrected chi connectivity index (χ0v) is 18.7. The summed E-state index contributed by atoms with van der Waals surface area (Å²) < 4.78 is 50.6. The zero-order valence-electron chi connectivity index (χ0n) is 18.0. The maximum absolute atomic E-state index is 14.7. The molecule has 34 heavy (non-hydrogen) atoms. The average Bonchev–Trinajstić information content (AvgIpc) is 3.11. The van der Waals surface area contributed by atoms with Gasteiger partial charge >= 0.3 is 0 Å². The standard InChI is InChI=1S/C26H19ClF3N3O/c27-18-6-7-19(25(9-18)34-14-15-2-1-3-15)26-32-23-10-21(29)22(30)11-24(23)33(26)13-17-5-4-16(12-31)8-20(17)28/h4-11,15H,1-3,13-14H2. The maximum atomic E-state index is 14.7. The maximum Gasteiger partial charge on any atom is 0.161 e. The van der Waals surface area contributed by atoms with E-state index in [-0.39, 0.29) is 23.2 Å². The molecule has 0 aliphatic heterocycles. The molecule has 1 heterocycles. The highest BCUT2D eigenvalue weighted by atomic mass is 35.5. The Bertz CT molecular complexity index is 1440. The molecule has 5 rings (SSSR count). The summed E-state index contributed by atoms with van der Waals surface area (Å²) in [5.41, 5.74) is 1.57. The van der Waals surface area contributed by atoms with Gasteiger partial charge in [0.15, 0.2) is 11.6 Å². The predicted molar refractivity (Wildman–Crippen MR) is 123 cm³/mol. The molecular formula is C26H19ClF3N3O. The Morgan fingerprint density at radius 2 is 1.82 bits per heavy atom. The molecule has 0 bridgehead atoms. The molecule has 1 fully saturated rings. The monoisotopic (exact) mass is 481 g/mol. The van der Waals surface area contributed by atoms with Crippen molar-refractivity contribution in [1.29, 1.82) is 5.26 Å². The smallest absolute Gasteiger partial charge is 0.161 e. The minimum Gasteiger partial charge on any atom is -0.492 e. The molecular weight excluding hydrogens is 463 g/mol. The van der Waals surface area contributed by atoms with Crippen molar-refractivity contribution in [2.45, 2.75) is 25.8 Å². The molecule has 1 saturated carbocycles. The molecule has 0 unspecified atom stereocenters. The van der Waals surface area contributed by atoms with Gasteiger partial charge in [0.2, 0.25) is 0 Å². The number of halogens is 4. The van der Waals surface area contributed by atoms with E-state index in [1.165, 1.54) is 18.6 Å². The molecule has 0 N–H and O–H groups in total. The van der Waals surface area contributed by atoms with Crippen LogP contribution < -0.4 is 4.74 Å². The molecule has 4 nitrogen and oxygen atoms in total. The van der Waals surface area contributed by atoms with Crippen molar-refractivity contribution >= 4 is 22.6 Å². The zero-order chi connectivity index (χ0) is 23.8. The highest BCUT2D eigenvalue weighted by molar-refractivity contribution is 6.30. The third-order valence-corrected chi connectivity index (χ3v) is 6.42. The van der Waals surface area contributed by atoms with Gasteiger partial charge in [-0.1, -0.05) is 24.1 Å². The van der Waals surface area contributed by atoms with Crippen molar-refractivity contribution in [1.82, 2.24) is 9.55 Å². The van der Waals surface area contributed by atoms with Gasteiger partial charge in [-0.15, -0.1) is 0 Å². The van der Waals surface area contributed by atoms with Gasteiger partial charge in [0.25, 0.3) is 0 Å². The van der Waals surface area contributed by atoms with Gasteiger partial charge in [0.05, 0.1) is 41.4 Å². The SMILES string of the molecule is N#Cc1ccc(Cn2c(-c3ccc(Cl)cc3OCC3CCC3)nc3cc(F)c(F)cc32)c(F)c1. The summed E-state index contributed by atoms with van der Waals surface area (Å²) in [6, 6.07) is 13.2. The number of fused-ring (bicyclic) bond motifs is 1. The number of rotatable bonds is 6. The van der Waals surface area contributed by atoms with Crippen molar-refractivity contribution in [3.8, 4) is 23.2 Å². The van der Waals surface area contributed by atoms with Crippen LogP contribution in [-0.2, 0) is 6.54 Å². The second-order valence-corrected chi connectivity index (χ2v) is 8.88. The fourth-order valence-electron chi connectivity index (χ4n) is 4.07.